The Kier molecular flexibility index (Phi) is 6.44. The summed E-state index contributed by atoms with van der Waals surface area (Å²) in [6, 6.07) is 11.5. The Morgan fingerprint density at radius 3 is 2.90 bits per heavy atom. The van der Waals surface area contributed by atoms with Crippen LogP contribution in [0.25, 0.3) is 15.9 Å². The molecule has 2 heterocycles. The topological polar surface area (TPSA) is 79.0 Å². The third-order valence-corrected chi connectivity index (χ3v) is 7.69. The monoisotopic (exact) mass is 452 g/mol. The molecule has 0 saturated carbocycles. The number of aryl methyl sites for hydroxylation is 1. The minimum absolute atomic E-state index is 0.0592. The second-order valence-electron chi connectivity index (χ2n) is 7.91. The zero-order chi connectivity index (χ0) is 22.0. The largest absolute Gasteiger partial charge is 0.344 e. The van der Waals surface area contributed by atoms with Gasteiger partial charge in [-0.05, 0) is 42.9 Å². The summed E-state index contributed by atoms with van der Waals surface area (Å²) in [5.74, 6) is 0.690. The standard InChI is InChI=1S/C23H24N4O2S2/c1-15-9-10-17-18(13-15)31-21-20(17)22(29)27(16-7-4-3-5-8-16)23(25-21)30-14-19(28)26(2)12-6-11-24/h3-5,7-8,15H,6,9-10,12-14H2,1-2H3/t15-/m1/s1. The lowest BCUT2D eigenvalue weighted by atomic mass is 9.89. The van der Waals surface area contributed by atoms with E-state index in [2.05, 4.69) is 13.0 Å². The van der Waals surface area contributed by atoms with Gasteiger partial charge in [0.1, 0.15) is 4.83 Å². The molecule has 1 aromatic carbocycles. The Morgan fingerprint density at radius 2 is 2.16 bits per heavy atom. The molecule has 31 heavy (non-hydrogen) atoms. The number of thiophene rings is 1. The summed E-state index contributed by atoms with van der Waals surface area (Å²) in [6.45, 7) is 2.64. The first-order valence-corrected chi connectivity index (χ1v) is 12.2. The summed E-state index contributed by atoms with van der Waals surface area (Å²) in [5, 5.41) is 10.0. The van der Waals surface area contributed by atoms with Crippen LogP contribution in [0.2, 0.25) is 0 Å². The summed E-state index contributed by atoms with van der Waals surface area (Å²) in [5.41, 5.74) is 1.85. The van der Waals surface area contributed by atoms with Crippen molar-refractivity contribution in [2.75, 3.05) is 19.3 Å². The van der Waals surface area contributed by atoms with Crippen LogP contribution < -0.4 is 5.56 Å². The fourth-order valence-electron chi connectivity index (χ4n) is 3.85. The van der Waals surface area contributed by atoms with Gasteiger partial charge in [-0.2, -0.15) is 5.26 Å². The SMILES string of the molecule is C[C@@H]1CCc2c(sc3nc(SCC(=O)N(C)CCC#N)n(-c4ccccc4)c(=O)c23)C1. The van der Waals surface area contributed by atoms with E-state index in [1.54, 1.807) is 27.9 Å². The smallest absolute Gasteiger partial charge is 0.267 e. The maximum atomic E-state index is 13.7. The van der Waals surface area contributed by atoms with E-state index in [0.29, 0.717) is 24.0 Å². The van der Waals surface area contributed by atoms with E-state index in [-0.39, 0.29) is 17.2 Å². The molecule has 0 aliphatic heterocycles. The first-order chi connectivity index (χ1) is 15.0. The van der Waals surface area contributed by atoms with E-state index in [9.17, 15) is 9.59 Å². The highest BCUT2D eigenvalue weighted by molar-refractivity contribution is 7.99. The number of nitriles is 1. The van der Waals surface area contributed by atoms with Crippen molar-refractivity contribution < 1.29 is 4.79 Å². The Hall–Kier alpha value is -2.63. The molecule has 0 unspecified atom stereocenters. The Morgan fingerprint density at radius 1 is 1.39 bits per heavy atom. The van der Waals surface area contributed by atoms with Gasteiger partial charge in [0.2, 0.25) is 5.91 Å². The predicted molar refractivity (Wildman–Crippen MR) is 125 cm³/mol. The van der Waals surface area contributed by atoms with Crippen molar-refractivity contribution in [1.29, 1.82) is 5.26 Å². The number of carbonyl (C=O) groups is 1. The molecule has 2 aromatic heterocycles. The van der Waals surface area contributed by atoms with E-state index in [1.807, 2.05) is 30.3 Å². The van der Waals surface area contributed by atoms with Crippen molar-refractivity contribution in [2.45, 2.75) is 37.8 Å². The zero-order valence-electron chi connectivity index (χ0n) is 17.6. The van der Waals surface area contributed by atoms with Gasteiger partial charge >= 0.3 is 0 Å². The molecule has 0 spiro atoms. The number of aromatic nitrogens is 2. The number of nitrogens with zero attached hydrogens (tertiary/aromatic N) is 4. The molecule has 0 saturated heterocycles. The zero-order valence-corrected chi connectivity index (χ0v) is 19.3. The maximum Gasteiger partial charge on any atom is 0.267 e. The van der Waals surface area contributed by atoms with Crippen LogP contribution in [0.15, 0.2) is 40.3 Å². The number of hydrogen-bond acceptors (Lipinski definition) is 6. The number of benzene rings is 1. The van der Waals surface area contributed by atoms with Gasteiger partial charge in [-0.1, -0.05) is 36.9 Å². The summed E-state index contributed by atoms with van der Waals surface area (Å²) in [7, 11) is 1.69. The van der Waals surface area contributed by atoms with Crippen molar-refractivity contribution >= 4 is 39.2 Å². The molecule has 1 atom stereocenters. The molecular weight excluding hydrogens is 428 g/mol. The number of thioether (sulfide) groups is 1. The lowest BCUT2D eigenvalue weighted by Gasteiger charge is -2.18. The molecule has 160 valence electrons. The van der Waals surface area contributed by atoms with Crippen molar-refractivity contribution in [3.8, 4) is 11.8 Å². The van der Waals surface area contributed by atoms with Crippen LogP contribution in [0.4, 0.5) is 0 Å². The van der Waals surface area contributed by atoms with Gasteiger partial charge in [-0.25, -0.2) is 4.98 Å². The molecule has 0 bridgehead atoms. The number of amides is 1. The molecule has 4 rings (SSSR count). The van der Waals surface area contributed by atoms with Crippen LogP contribution in [0.3, 0.4) is 0 Å². The molecule has 0 fully saturated rings. The summed E-state index contributed by atoms with van der Waals surface area (Å²) < 4.78 is 1.64. The summed E-state index contributed by atoms with van der Waals surface area (Å²) in [6.07, 6.45) is 3.29. The van der Waals surface area contributed by atoms with Crippen molar-refractivity contribution in [2.24, 2.45) is 5.92 Å². The Balaban J connectivity index is 1.76. The fourth-order valence-corrected chi connectivity index (χ4v) is 6.23. The first kappa shape index (κ1) is 21.6. The molecule has 1 aliphatic rings. The lowest BCUT2D eigenvalue weighted by molar-refractivity contribution is -0.127. The van der Waals surface area contributed by atoms with Crippen LogP contribution in [0.5, 0.6) is 0 Å². The lowest BCUT2D eigenvalue weighted by Crippen LogP contribution is -2.29. The number of carbonyl (C=O) groups excluding carboxylic acids is 1. The van der Waals surface area contributed by atoms with Crippen LogP contribution >= 0.6 is 23.1 Å². The third-order valence-electron chi connectivity index (χ3n) is 5.62. The van der Waals surface area contributed by atoms with Gasteiger partial charge in [0.25, 0.3) is 5.56 Å². The van der Waals surface area contributed by atoms with Gasteiger partial charge < -0.3 is 4.90 Å². The van der Waals surface area contributed by atoms with Gasteiger partial charge in [0, 0.05) is 18.5 Å². The van der Waals surface area contributed by atoms with Gasteiger partial charge in [0.05, 0.1) is 29.3 Å². The number of fused-ring (bicyclic) bond motifs is 3. The first-order valence-electron chi connectivity index (χ1n) is 10.4. The van der Waals surface area contributed by atoms with Gasteiger partial charge in [-0.3, -0.25) is 14.2 Å². The maximum absolute atomic E-state index is 13.7. The van der Waals surface area contributed by atoms with Crippen LogP contribution in [-0.2, 0) is 17.6 Å². The van der Waals surface area contributed by atoms with Crippen molar-refractivity contribution in [3.63, 3.8) is 0 Å². The van der Waals surface area contributed by atoms with Crippen LogP contribution in [-0.4, -0.2) is 39.7 Å². The Labute approximate surface area is 189 Å². The summed E-state index contributed by atoms with van der Waals surface area (Å²) >= 11 is 2.89. The van der Waals surface area contributed by atoms with Crippen molar-refractivity contribution in [3.05, 3.63) is 51.1 Å². The molecule has 0 radical (unpaired) electrons. The molecule has 8 heteroatoms. The van der Waals surface area contributed by atoms with Crippen LogP contribution in [0, 0.1) is 17.2 Å². The number of rotatable bonds is 6. The third kappa shape index (κ3) is 4.39. The number of hydrogen-bond donors (Lipinski definition) is 0. The highest BCUT2D eigenvalue weighted by Gasteiger charge is 2.25. The highest BCUT2D eigenvalue weighted by Crippen LogP contribution is 2.37. The molecular formula is C23H24N4O2S2. The van der Waals surface area contributed by atoms with E-state index >= 15 is 0 Å². The van der Waals surface area contributed by atoms with E-state index in [1.165, 1.54) is 16.6 Å². The fraction of sp³-hybridized carbons (Fsp3) is 0.391. The van der Waals surface area contributed by atoms with Gasteiger partial charge in [-0.15, -0.1) is 11.3 Å². The van der Waals surface area contributed by atoms with E-state index in [4.69, 9.17) is 10.2 Å². The Bertz CT molecular complexity index is 1210. The predicted octanol–water partition coefficient (Wildman–Crippen LogP) is 4.04. The average Bonchev–Trinajstić information content (AvgIpc) is 3.13. The molecule has 1 aliphatic carbocycles. The van der Waals surface area contributed by atoms with E-state index in [0.717, 1.165) is 40.7 Å². The van der Waals surface area contributed by atoms with Gasteiger partial charge in [0.15, 0.2) is 5.16 Å². The normalized spacial score (nSPS) is 15.5. The van der Waals surface area contributed by atoms with Crippen LogP contribution in [0.1, 0.15) is 30.2 Å². The second-order valence-corrected chi connectivity index (χ2v) is 9.94. The van der Waals surface area contributed by atoms with E-state index < -0.39 is 0 Å². The molecule has 0 N–H and O–H groups in total. The number of para-hydroxylation sites is 1. The molecule has 3 aromatic rings. The highest BCUT2D eigenvalue weighted by atomic mass is 32.2. The minimum atomic E-state index is -0.0893. The average molecular weight is 453 g/mol. The minimum Gasteiger partial charge on any atom is -0.344 e. The van der Waals surface area contributed by atoms with Crippen molar-refractivity contribution in [1.82, 2.24) is 14.5 Å². The quantitative estimate of drug-likeness (QED) is 0.417. The molecule has 1 amide bonds. The summed E-state index contributed by atoms with van der Waals surface area (Å²) in [4.78, 5) is 34.6. The second kappa shape index (κ2) is 9.25. The molecule has 6 nitrogen and oxygen atoms in total.